The minimum atomic E-state index is -0.452. The number of aryl methyl sites for hydroxylation is 3. The number of hydrogen-bond donors (Lipinski definition) is 1. The molecule has 1 aliphatic rings. The molecule has 18 heavy (non-hydrogen) atoms. The Morgan fingerprint density at radius 2 is 2.17 bits per heavy atom. The number of aliphatic hydroxyl groups excluding tert-OH is 1. The maximum atomic E-state index is 10.5. The van der Waals surface area contributed by atoms with Crippen molar-refractivity contribution >= 4 is 11.3 Å². The molecule has 1 nitrogen and oxygen atoms in total. The van der Waals surface area contributed by atoms with Gasteiger partial charge >= 0.3 is 0 Å². The molecule has 0 bridgehead atoms. The normalized spacial score (nSPS) is 15.7. The van der Waals surface area contributed by atoms with Crippen LogP contribution in [-0.2, 0) is 19.3 Å². The molecule has 1 aliphatic carbocycles. The molecule has 1 aromatic carbocycles. The van der Waals surface area contributed by atoms with Crippen molar-refractivity contribution in [1.29, 1.82) is 0 Å². The first-order chi connectivity index (χ1) is 8.78. The van der Waals surface area contributed by atoms with E-state index < -0.39 is 6.10 Å². The van der Waals surface area contributed by atoms with Crippen LogP contribution in [0.25, 0.3) is 0 Å². The van der Waals surface area contributed by atoms with Gasteiger partial charge in [0.2, 0.25) is 0 Å². The van der Waals surface area contributed by atoms with E-state index in [2.05, 4.69) is 25.1 Å². The van der Waals surface area contributed by atoms with Gasteiger partial charge in [0.05, 0.1) is 0 Å². The maximum Gasteiger partial charge on any atom is 0.113 e. The van der Waals surface area contributed by atoms with Crippen LogP contribution in [0.3, 0.4) is 0 Å². The van der Waals surface area contributed by atoms with E-state index >= 15 is 0 Å². The van der Waals surface area contributed by atoms with Gasteiger partial charge in [-0.2, -0.15) is 0 Å². The Labute approximate surface area is 112 Å². The molecule has 1 heterocycles. The quantitative estimate of drug-likeness (QED) is 0.885. The summed E-state index contributed by atoms with van der Waals surface area (Å²) in [6.45, 7) is 2.14. The molecule has 1 atom stereocenters. The van der Waals surface area contributed by atoms with E-state index in [0.717, 1.165) is 16.9 Å². The Bertz CT molecular complexity index is 534. The molecule has 3 rings (SSSR count). The van der Waals surface area contributed by atoms with Crippen LogP contribution in [0.15, 0.2) is 30.3 Å². The third-order valence-electron chi connectivity index (χ3n) is 3.71. The first kappa shape index (κ1) is 11.9. The van der Waals surface area contributed by atoms with Crippen molar-refractivity contribution in [2.45, 2.75) is 38.7 Å². The lowest BCUT2D eigenvalue weighted by molar-refractivity contribution is 0.224. The van der Waals surface area contributed by atoms with Gasteiger partial charge < -0.3 is 5.11 Å². The highest BCUT2D eigenvalue weighted by Crippen LogP contribution is 2.36. The third kappa shape index (κ3) is 2.11. The second kappa shape index (κ2) is 4.87. The number of rotatable bonds is 3. The van der Waals surface area contributed by atoms with E-state index in [1.54, 1.807) is 11.3 Å². The van der Waals surface area contributed by atoms with Gasteiger partial charge in [-0.25, -0.2) is 0 Å². The first-order valence-electron chi connectivity index (χ1n) is 6.66. The number of hydrogen-bond acceptors (Lipinski definition) is 2. The van der Waals surface area contributed by atoms with Crippen LogP contribution in [0.2, 0.25) is 0 Å². The van der Waals surface area contributed by atoms with Gasteiger partial charge in [-0.05, 0) is 48.4 Å². The molecule has 1 N–H and O–H groups in total. The van der Waals surface area contributed by atoms with Gasteiger partial charge in [0.1, 0.15) is 6.10 Å². The first-order valence-corrected chi connectivity index (χ1v) is 7.48. The monoisotopic (exact) mass is 258 g/mol. The predicted molar refractivity (Wildman–Crippen MR) is 76.2 cm³/mol. The summed E-state index contributed by atoms with van der Waals surface area (Å²) in [5, 5.41) is 10.5. The van der Waals surface area contributed by atoms with E-state index in [1.165, 1.54) is 35.3 Å². The lowest BCUT2D eigenvalue weighted by atomic mass is 10.0. The van der Waals surface area contributed by atoms with E-state index in [9.17, 15) is 5.11 Å². The van der Waals surface area contributed by atoms with Gasteiger partial charge in [-0.15, -0.1) is 11.3 Å². The predicted octanol–water partition coefficient (Wildman–Crippen LogP) is 3.88. The van der Waals surface area contributed by atoms with Crippen LogP contribution in [-0.4, -0.2) is 5.11 Å². The Balaban J connectivity index is 1.90. The molecule has 1 unspecified atom stereocenters. The zero-order valence-electron chi connectivity index (χ0n) is 10.6. The van der Waals surface area contributed by atoms with Crippen LogP contribution in [0, 0.1) is 0 Å². The van der Waals surface area contributed by atoms with Gasteiger partial charge in [0, 0.05) is 9.75 Å². The second-order valence-electron chi connectivity index (χ2n) is 4.95. The average molecular weight is 258 g/mol. The molecule has 0 spiro atoms. The van der Waals surface area contributed by atoms with Gasteiger partial charge in [0.25, 0.3) is 0 Å². The minimum absolute atomic E-state index is 0.452. The molecular formula is C16H18OS. The summed E-state index contributed by atoms with van der Waals surface area (Å²) < 4.78 is 0. The number of benzene rings is 1. The molecule has 94 valence electrons. The van der Waals surface area contributed by atoms with Crippen molar-refractivity contribution < 1.29 is 5.11 Å². The number of fused-ring (bicyclic) bond motifs is 1. The summed E-state index contributed by atoms with van der Waals surface area (Å²) in [6, 6.07) is 10.5. The van der Waals surface area contributed by atoms with E-state index in [0.29, 0.717) is 0 Å². The highest BCUT2D eigenvalue weighted by molar-refractivity contribution is 7.12. The molecular weight excluding hydrogens is 240 g/mol. The minimum Gasteiger partial charge on any atom is -0.383 e. The van der Waals surface area contributed by atoms with Crippen molar-refractivity contribution in [3.63, 3.8) is 0 Å². The molecule has 0 amide bonds. The largest absolute Gasteiger partial charge is 0.383 e. The lowest BCUT2D eigenvalue weighted by Crippen LogP contribution is -1.98. The summed E-state index contributed by atoms with van der Waals surface area (Å²) in [6.07, 6.45) is 4.23. The fourth-order valence-corrected chi connectivity index (χ4v) is 3.91. The smallest absolute Gasteiger partial charge is 0.113 e. The maximum absolute atomic E-state index is 10.5. The van der Waals surface area contributed by atoms with Crippen LogP contribution in [0.5, 0.6) is 0 Å². The highest BCUT2D eigenvalue weighted by Gasteiger charge is 2.19. The van der Waals surface area contributed by atoms with Crippen molar-refractivity contribution in [2.75, 3.05) is 0 Å². The standard InChI is InChI=1S/C16H18OS/c1-2-11-5-3-7-13(9-11)16(17)15-10-12-6-4-8-14(12)18-15/h3,5,7,9-10,16-17H,2,4,6,8H2,1H3. The molecule has 0 saturated carbocycles. The molecule has 0 fully saturated rings. The van der Waals surface area contributed by atoms with Gasteiger partial charge in [0.15, 0.2) is 0 Å². The van der Waals surface area contributed by atoms with Crippen molar-refractivity contribution in [2.24, 2.45) is 0 Å². The lowest BCUT2D eigenvalue weighted by Gasteiger charge is -2.10. The summed E-state index contributed by atoms with van der Waals surface area (Å²) in [7, 11) is 0. The molecule has 1 aromatic heterocycles. The Morgan fingerprint density at radius 3 is 2.94 bits per heavy atom. The third-order valence-corrected chi connectivity index (χ3v) is 5.00. The van der Waals surface area contributed by atoms with E-state index in [-0.39, 0.29) is 0 Å². The van der Waals surface area contributed by atoms with Crippen molar-refractivity contribution in [1.82, 2.24) is 0 Å². The molecule has 2 aromatic rings. The van der Waals surface area contributed by atoms with Crippen LogP contribution in [0.4, 0.5) is 0 Å². The van der Waals surface area contributed by atoms with Gasteiger partial charge in [-0.1, -0.05) is 31.2 Å². The topological polar surface area (TPSA) is 20.2 Å². The Hall–Kier alpha value is -1.12. The van der Waals surface area contributed by atoms with Crippen LogP contribution < -0.4 is 0 Å². The summed E-state index contributed by atoms with van der Waals surface area (Å²) in [5.41, 5.74) is 3.77. The molecule has 2 heteroatoms. The SMILES string of the molecule is CCc1cccc(C(O)c2cc3c(s2)CCC3)c1. The molecule has 0 saturated heterocycles. The Morgan fingerprint density at radius 1 is 1.28 bits per heavy atom. The van der Waals surface area contributed by atoms with Crippen molar-refractivity contribution in [3.8, 4) is 0 Å². The molecule has 0 aliphatic heterocycles. The Kier molecular flexibility index (Phi) is 3.23. The van der Waals surface area contributed by atoms with E-state index in [4.69, 9.17) is 0 Å². The average Bonchev–Trinajstić information content (AvgIpc) is 2.98. The number of thiophene rings is 1. The summed E-state index contributed by atoms with van der Waals surface area (Å²) in [4.78, 5) is 2.59. The zero-order valence-corrected chi connectivity index (χ0v) is 11.5. The fraction of sp³-hybridized carbons (Fsp3) is 0.375. The molecule has 0 radical (unpaired) electrons. The van der Waals surface area contributed by atoms with Crippen LogP contribution >= 0.6 is 11.3 Å². The van der Waals surface area contributed by atoms with Crippen molar-refractivity contribution in [3.05, 3.63) is 56.8 Å². The summed E-state index contributed by atoms with van der Waals surface area (Å²) in [5.74, 6) is 0. The fourth-order valence-electron chi connectivity index (χ4n) is 2.63. The highest BCUT2D eigenvalue weighted by atomic mass is 32.1. The summed E-state index contributed by atoms with van der Waals surface area (Å²) >= 11 is 1.79. The number of aliphatic hydroxyl groups is 1. The van der Waals surface area contributed by atoms with Gasteiger partial charge in [-0.3, -0.25) is 0 Å². The van der Waals surface area contributed by atoms with Crippen LogP contribution in [0.1, 0.15) is 45.9 Å². The second-order valence-corrected chi connectivity index (χ2v) is 6.12. The van der Waals surface area contributed by atoms with E-state index in [1.807, 2.05) is 12.1 Å². The zero-order chi connectivity index (χ0) is 12.5.